The second-order valence-corrected chi connectivity index (χ2v) is 8.87. The number of benzene rings is 2. The Morgan fingerprint density at radius 1 is 1.14 bits per heavy atom. The molecule has 1 saturated heterocycles. The van der Waals surface area contributed by atoms with Crippen molar-refractivity contribution in [3.8, 4) is 11.8 Å². The predicted octanol–water partition coefficient (Wildman–Crippen LogP) is 4.63. The van der Waals surface area contributed by atoms with Crippen LogP contribution >= 0.6 is 0 Å². The molecule has 11 heteroatoms. The van der Waals surface area contributed by atoms with Crippen molar-refractivity contribution in [1.29, 1.82) is 0 Å². The van der Waals surface area contributed by atoms with Crippen molar-refractivity contribution in [3.63, 3.8) is 0 Å². The van der Waals surface area contributed by atoms with Gasteiger partial charge >= 0.3 is 6.18 Å². The van der Waals surface area contributed by atoms with Crippen molar-refractivity contribution >= 4 is 17.2 Å². The topological polar surface area (TPSA) is 42.9 Å². The quantitative estimate of drug-likeness (QED) is 0.473. The Balaban J connectivity index is 1.61. The summed E-state index contributed by atoms with van der Waals surface area (Å²) in [6.45, 7) is 3.91. The van der Waals surface area contributed by atoms with Crippen LogP contribution < -0.4 is 20.7 Å². The molecule has 184 valence electrons. The molecule has 0 spiro atoms. The van der Waals surface area contributed by atoms with E-state index in [1.807, 2.05) is 0 Å². The first-order valence-electron chi connectivity index (χ1n) is 11.0. The fraction of sp³-hybridized carbons (Fsp3) is 0.375. The highest BCUT2D eigenvalue weighted by Crippen LogP contribution is 2.57. The number of anilines is 2. The summed E-state index contributed by atoms with van der Waals surface area (Å²) in [6, 6.07) is 6.08. The molecule has 0 radical (unpaired) electrons. The molecule has 2 aromatic rings. The molecule has 2 N–H and O–H groups in total. The van der Waals surface area contributed by atoms with Gasteiger partial charge in [-0.2, -0.15) is 13.2 Å². The van der Waals surface area contributed by atoms with Gasteiger partial charge in [0.05, 0.1) is 17.9 Å². The highest BCUT2D eigenvalue weighted by atomic mass is 19.4. The fourth-order valence-corrected chi connectivity index (χ4v) is 4.40. The van der Waals surface area contributed by atoms with Crippen LogP contribution in [0.2, 0.25) is 0 Å². The van der Waals surface area contributed by atoms with Crippen LogP contribution in [0.25, 0.3) is 0 Å². The number of hydrogen-bond donors (Lipinski definition) is 2. The molecule has 3 aliphatic rings. The van der Waals surface area contributed by atoms with Gasteiger partial charge in [-0.3, -0.25) is 0 Å². The third-order valence-electron chi connectivity index (χ3n) is 6.50. The standard InChI is InChI=1S/C24H21F6N5/c1-3-34(16-11-14(10-15(25)12-16)6-7-23(8-9-23)24(28,29)30)21-19-18(5-4-17(26)20(19)27)35-13-31-33-22(35,2)32-21/h4-5,10-12,31,33H,3,8-9,13H2,1-2H3. The molecular weight excluding hydrogens is 472 g/mol. The van der Waals surface area contributed by atoms with E-state index in [9.17, 15) is 22.0 Å². The summed E-state index contributed by atoms with van der Waals surface area (Å²) < 4.78 is 83.7. The predicted molar refractivity (Wildman–Crippen MR) is 119 cm³/mol. The summed E-state index contributed by atoms with van der Waals surface area (Å²) in [5, 5.41) is 0. The molecule has 1 atom stereocenters. The van der Waals surface area contributed by atoms with Gasteiger partial charge in [0, 0.05) is 17.8 Å². The zero-order chi connectivity index (χ0) is 25.2. The number of fused-ring (bicyclic) bond motifs is 3. The van der Waals surface area contributed by atoms with E-state index in [0.29, 0.717) is 5.69 Å². The van der Waals surface area contributed by atoms with Crippen molar-refractivity contribution in [2.75, 3.05) is 23.0 Å². The molecule has 5 rings (SSSR count). The first kappa shape index (κ1) is 23.5. The average molecular weight is 493 g/mol. The van der Waals surface area contributed by atoms with Crippen LogP contribution in [0, 0.1) is 34.7 Å². The second kappa shape index (κ2) is 7.90. The lowest BCUT2D eigenvalue weighted by molar-refractivity contribution is -0.168. The number of nitrogens with zero attached hydrogens (tertiary/aromatic N) is 3. The van der Waals surface area contributed by atoms with E-state index in [-0.39, 0.29) is 48.7 Å². The van der Waals surface area contributed by atoms with E-state index < -0.39 is 34.8 Å². The minimum absolute atomic E-state index is 0.0406. The van der Waals surface area contributed by atoms with Crippen LogP contribution in [-0.4, -0.2) is 31.0 Å². The first-order valence-corrected chi connectivity index (χ1v) is 11.0. The van der Waals surface area contributed by atoms with E-state index in [0.717, 1.165) is 18.2 Å². The van der Waals surface area contributed by atoms with Crippen molar-refractivity contribution in [2.24, 2.45) is 10.4 Å². The summed E-state index contributed by atoms with van der Waals surface area (Å²) in [4.78, 5) is 7.83. The number of halogens is 6. The number of hydrazine groups is 1. The minimum Gasteiger partial charge on any atom is -0.326 e. The van der Waals surface area contributed by atoms with E-state index in [4.69, 9.17) is 0 Å². The van der Waals surface area contributed by atoms with Crippen molar-refractivity contribution in [3.05, 3.63) is 58.9 Å². The van der Waals surface area contributed by atoms with Crippen molar-refractivity contribution in [2.45, 2.75) is 38.7 Å². The maximum absolute atomic E-state index is 15.1. The van der Waals surface area contributed by atoms with Gasteiger partial charge in [0.15, 0.2) is 17.4 Å². The third-order valence-corrected chi connectivity index (χ3v) is 6.50. The molecule has 0 bridgehead atoms. The smallest absolute Gasteiger partial charge is 0.326 e. The van der Waals surface area contributed by atoms with E-state index in [1.54, 1.807) is 18.7 Å². The van der Waals surface area contributed by atoms with Gasteiger partial charge in [-0.05, 0) is 57.0 Å². The minimum atomic E-state index is -4.46. The number of alkyl halides is 3. The monoisotopic (exact) mass is 493 g/mol. The van der Waals surface area contributed by atoms with Crippen LogP contribution in [0.15, 0.2) is 35.3 Å². The zero-order valence-corrected chi connectivity index (χ0v) is 18.8. The summed E-state index contributed by atoms with van der Waals surface area (Å²) >= 11 is 0. The first-order chi connectivity index (χ1) is 16.5. The van der Waals surface area contributed by atoms with Gasteiger partial charge in [-0.25, -0.2) is 29.0 Å². The van der Waals surface area contributed by atoms with Crippen LogP contribution in [0.1, 0.15) is 37.8 Å². The fourth-order valence-electron chi connectivity index (χ4n) is 4.40. The number of nitrogens with one attached hydrogen (secondary N) is 2. The molecule has 1 saturated carbocycles. The molecule has 5 nitrogen and oxygen atoms in total. The van der Waals surface area contributed by atoms with Crippen molar-refractivity contribution < 1.29 is 26.3 Å². The molecule has 1 unspecified atom stereocenters. The Kier molecular flexibility index (Phi) is 5.30. The number of aliphatic imine (C=N–C) groups is 1. The lowest BCUT2D eigenvalue weighted by atomic mass is 10.0. The van der Waals surface area contributed by atoms with E-state index >= 15 is 4.39 Å². The highest BCUT2D eigenvalue weighted by Gasteiger charge is 2.62. The Bertz CT molecular complexity index is 1290. The normalized spacial score (nSPS) is 22.1. The number of amidine groups is 1. The average Bonchev–Trinajstić information content (AvgIpc) is 3.49. The SMILES string of the molecule is CCN(C1=NC2(C)NNCN2c2ccc(F)c(F)c21)c1cc(F)cc(C#CC2(C(F)(F)F)CC2)c1. The highest BCUT2D eigenvalue weighted by molar-refractivity contribution is 6.14. The van der Waals surface area contributed by atoms with Gasteiger partial charge in [0.1, 0.15) is 17.1 Å². The van der Waals surface area contributed by atoms with Crippen LogP contribution in [0.4, 0.5) is 37.7 Å². The molecule has 2 aliphatic heterocycles. The largest absolute Gasteiger partial charge is 0.405 e. The summed E-state index contributed by atoms with van der Waals surface area (Å²) in [5.74, 6) is 0.828. The maximum Gasteiger partial charge on any atom is 0.405 e. The van der Waals surface area contributed by atoms with Gasteiger partial charge in [0.25, 0.3) is 0 Å². The van der Waals surface area contributed by atoms with Gasteiger partial charge in [-0.15, -0.1) is 0 Å². The van der Waals surface area contributed by atoms with Crippen LogP contribution in [0.5, 0.6) is 0 Å². The number of rotatable bonds is 2. The molecular formula is C24H21F6N5. The Hall–Kier alpha value is -3.23. The van der Waals surface area contributed by atoms with Gasteiger partial charge < -0.3 is 9.80 Å². The molecule has 2 fully saturated rings. The number of hydrogen-bond acceptors (Lipinski definition) is 5. The van der Waals surface area contributed by atoms with Crippen molar-refractivity contribution in [1.82, 2.24) is 10.9 Å². The van der Waals surface area contributed by atoms with Gasteiger partial charge in [0.2, 0.25) is 0 Å². The lowest BCUT2D eigenvalue weighted by Crippen LogP contribution is -2.54. The summed E-state index contributed by atoms with van der Waals surface area (Å²) in [7, 11) is 0. The molecule has 0 amide bonds. The molecule has 1 aliphatic carbocycles. The van der Waals surface area contributed by atoms with Crippen LogP contribution in [-0.2, 0) is 0 Å². The second-order valence-electron chi connectivity index (χ2n) is 8.87. The van der Waals surface area contributed by atoms with E-state index in [1.165, 1.54) is 17.0 Å². The third kappa shape index (κ3) is 3.81. The van der Waals surface area contributed by atoms with Crippen LogP contribution in [0.3, 0.4) is 0 Å². The van der Waals surface area contributed by atoms with E-state index in [2.05, 4.69) is 27.7 Å². The Labute approximate surface area is 197 Å². The molecule has 35 heavy (non-hydrogen) atoms. The zero-order valence-electron chi connectivity index (χ0n) is 18.8. The Morgan fingerprint density at radius 2 is 1.89 bits per heavy atom. The molecule has 2 heterocycles. The summed E-state index contributed by atoms with van der Waals surface area (Å²) in [5.41, 5.74) is 4.38. The lowest BCUT2D eigenvalue weighted by Gasteiger charge is -2.40. The molecule has 0 aromatic heterocycles. The van der Waals surface area contributed by atoms with Gasteiger partial charge in [-0.1, -0.05) is 11.8 Å². The molecule has 2 aromatic carbocycles. The Morgan fingerprint density at radius 3 is 2.54 bits per heavy atom. The summed E-state index contributed by atoms with van der Waals surface area (Å²) in [6.07, 6.45) is -4.65. The maximum atomic E-state index is 15.1.